The van der Waals surface area contributed by atoms with Gasteiger partial charge in [0.15, 0.2) is 0 Å². The molecule has 6 heteroatoms. The molecule has 1 heterocycles. The van der Waals surface area contributed by atoms with Gasteiger partial charge in [0, 0.05) is 31.2 Å². The predicted octanol–water partition coefficient (Wildman–Crippen LogP) is 5.16. The van der Waals surface area contributed by atoms with E-state index in [4.69, 9.17) is 5.11 Å². The highest BCUT2D eigenvalue weighted by Gasteiger charge is 2.31. The number of carbonyl (C=O) groups is 2. The predicted molar refractivity (Wildman–Crippen MR) is 132 cm³/mol. The third-order valence-corrected chi connectivity index (χ3v) is 7.58. The molecule has 32 heavy (non-hydrogen) atoms. The second-order valence-electron chi connectivity index (χ2n) is 9.10. The number of unbranched alkanes of at least 4 members (excludes halogenated alkanes) is 2. The maximum atomic E-state index is 12.3. The monoisotopic (exact) mass is 463 g/mol. The molecule has 1 fully saturated rings. The van der Waals surface area contributed by atoms with Crippen LogP contribution in [0.15, 0.2) is 30.3 Å². The highest BCUT2D eigenvalue weighted by atomic mass is 32.2. The molecule has 5 nitrogen and oxygen atoms in total. The van der Waals surface area contributed by atoms with Gasteiger partial charge in [0.2, 0.25) is 5.91 Å². The van der Waals surface area contributed by atoms with Gasteiger partial charge in [0.1, 0.15) is 0 Å². The summed E-state index contributed by atoms with van der Waals surface area (Å²) in [6, 6.07) is 10.8. The minimum Gasteiger partial charge on any atom is -0.481 e. The van der Waals surface area contributed by atoms with Crippen LogP contribution in [0.25, 0.3) is 0 Å². The quantitative estimate of drug-likeness (QED) is 0.312. The van der Waals surface area contributed by atoms with Crippen LogP contribution in [0.4, 0.5) is 0 Å². The molecule has 0 aromatic heterocycles. The molecule has 3 atom stereocenters. The molecular formula is C26H41NO4S. The summed E-state index contributed by atoms with van der Waals surface area (Å²) < 4.78 is 0. The van der Waals surface area contributed by atoms with E-state index in [1.807, 2.05) is 4.90 Å². The number of nitrogens with zero attached hydrogens (tertiary/aromatic N) is 1. The molecule has 2 N–H and O–H groups in total. The van der Waals surface area contributed by atoms with Crippen LogP contribution in [0.3, 0.4) is 0 Å². The Morgan fingerprint density at radius 3 is 2.66 bits per heavy atom. The van der Waals surface area contributed by atoms with Crippen molar-refractivity contribution in [1.82, 2.24) is 4.90 Å². The average molecular weight is 464 g/mol. The Hall–Kier alpha value is -1.53. The third kappa shape index (κ3) is 10.4. The summed E-state index contributed by atoms with van der Waals surface area (Å²) in [6.45, 7) is 2.88. The van der Waals surface area contributed by atoms with Crippen LogP contribution in [0, 0.1) is 5.92 Å². The third-order valence-electron chi connectivity index (χ3n) is 6.53. The number of aliphatic hydroxyl groups excluding tert-OH is 1. The van der Waals surface area contributed by atoms with Gasteiger partial charge >= 0.3 is 5.97 Å². The van der Waals surface area contributed by atoms with E-state index in [2.05, 4.69) is 37.3 Å². The molecule has 0 aliphatic carbocycles. The van der Waals surface area contributed by atoms with Crippen molar-refractivity contribution < 1.29 is 19.8 Å². The van der Waals surface area contributed by atoms with E-state index in [-0.39, 0.29) is 24.5 Å². The van der Waals surface area contributed by atoms with E-state index in [1.54, 1.807) is 11.8 Å². The molecule has 1 aliphatic rings. The fourth-order valence-corrected chi connectivity index (χ4v) is 5.33. The van der Waals surface area contributed by atoms with Crippen LogP contribution in [-0.2, 0) is 16.0 Å². The van der Waals surface area contributed by atoms with E-state index >= 15 is 0 Å². The smallest absolute Gasteiger partial charge is 0.303 e. The number of carboxylic acid groups (broad SMARTS) is 1. The topological polar surface area (TPSA) is 77.8 Å². The molecule has 180 valence electrons. The molecule has 0 bridgehead atoms. The first kappa shape index (κ1) is 26.7. The Bertz CT molecular complexity index is 669. The van der Waals surface area contributed by atoms with Gasteiger partial charge in [-0.05, 0) is 62.2 Å². The number of hydrogen-bond acceptors (Lipinski definition) is 4. The maximum absolute atomic E-state index is 12.3. The van der Waals surface area contributed by atoms with E-state index in [9.17, 15) is 14.7 Å². The molecule has 2 rings (SSSR count). The number of aryl methyl sites for hydroxylation is 1. The zero-order valence-electron chi connectivity index (χ0n) is 19.6. The van der Waals surface area contributed by atoms with Crippen LogP contribution >= 0.6 is 11.8 Å². The average Bonchev–Trinajstić information content (AvgIpc) is 3.13. The van der Waals surface area contributed by atoms with Crippen molar-refractivity contribution >= 4 is 23.6 Å². The van der Waals surface area contributed by atoms with Crippen molar-refractivity contribution in [2.75, 3.05) is 18.1 Å². The lowest BCUT2D eigenvalue weighted by molar-refractivity contribution is -0.137. The van der Waals surface area contributed by atoms with Gasteiger partial charge in [-0.1, -0.05) is 50.1 Å². The Kier molecular flexibility index (Phi) is 12.8. The maximum Gasteiger partial charge on any atom is 0.303 e. The van der Waals surface area contributed by atoms with Gasteiger partial charge in [-0.2, -0.15) is 11.8 Å². The van der Waals surface area contributed by atoms with Crippen molar-refractivity contribution in [3.05, 3.63) is 35.9 Å². The lowest BCUT2D eigenvalue weighted by Crippen LogP contribution is -2.35. The number of likely N-dealkylation sites (tertiary alicyclic amines) is 1. The Morgan fingerprint density at radius 1 is 1.12 bits per heavy atom. The highest BCUT2D eigenvalue weighted by molar-refractivity contribution is 7.99. The van der Waals surface area contributed by atoms with E-state index < -0.39 is 5.97 Å². The van der Waals surface area contributed by atoms with Gasteiger partial charge < -0.3 is 15.1 Å². The number of carboxylic acids is 1. The largest absolute Gasteiger partial charge is 0.481 e. The Balaban J connectivity index is 1.57. The molecule has 0 spiro atoms. The molecule has 1 aliphatic heterocycles. The first-order valence-electron chi connectivity index (χ1n) is 12.3. The normalized spacial score (nSPS) is 18.1. The van der Waals surface area contributed by atoms with E-state index in [0.29, 0.717) is 18.8 Å². The minimum absolute atomic E-state index is 0.210. The van der Waals surface area contributed by atoms with Crippen molar-refractivity contribution in [3.63, 3.8) is 0 Å². The lowest BCUT2D eigenvalue weighted by Gasteiger charge is -2.27. The van der Waals surface area contributed by atoms with Gasteiger partial charge in [-0.3, -0.25) is 9.59 Å². The van der Waals surface area contributed by atoms with Gasteiger partial charge in [0.05, 0.1) is 6.10 Å². The van der Waals surface area contributed by atoms with Crippen molar-refractivity contribution in [2.45, 2.75) is 89.7 Å². The first-order chi connectivity index (χ1) is 15.5. The summed E-state index contributed by atoms with van der Waals surface area (Å²) in [6.07, 6.45) is 9.43. The van der Waals surface area contributed by atoms with Gasteiger partial charge in [0.25, 0.3) is 0 Å². The second kappa shape index (κ2) is 15.3. The van der Waals surface area contributed by atoms with E-state index in [1.165, 1.54) is 18.4 Å². The number of aliphatic carboxylic acids is 1. The molecule has 1 aromatic rings. The zero-order valence-corrected chi connectivity index (χ0v) is 20.4. The molecule has 0 saturated carbocycles. The summed E-state index contributed by atoms with van der Waals surface area (Å²) in [5.41, 5.74) is 1.40. The number of thioether (sulfide) groups is 1. The number of benzene rings is 1. The summed E-state index contributed by atoms with van der Waals surface area (Å²) in [7, 11) is 0. The molecular weight excluding hydrogens is 422 g/mol. The lowest BCUT2D eigenvalue weighted by atomic mass is 9.92. The summed E-state index contributed by atoms with van der Waals surface area (Å²) in [5.74, 6) is 1.44. The summed E-state index contributed by atoms with van der Waals surface area (Å²) in [5, 5.41) is 19.3. The van der Waals surface area contributed by atoms with Crippen LogP contribution < -0.4 is 0 Å². The van der Waals surface area contributed by atoms with Crippen molar-refractivity contribution in [3.8, 4) is 0 Å². The van der Waals surface area contributed by atoms with Gasteiger partial charge in [-0.25, -0.2) is 0 Å². The standard InChI is InChI=1S/C26H41NO4S/c1-21(9-4-2-5-10-22-11-6-3-7-12-22)24(28)16-14-23-15-17-25(29)27(23)18-20-32-19-8-13-26(30)31/h3,6-7,11-12,21,23-24,28H,2,4-5,8-10,13-20H2,1H3,(H,30,31)/t21-,23?,24+/m0/s1. The van der Waals surface area contributed by atoms with Crippen LogP contribution in [0.2, 0.25) is 0 Å². The number of amides is 1. The van der Waals surface area contributed by atoms with Crippen molar-refractivity contribution in [2.24, 2.45) is 5.92 Å². The molecule has 1 unspecified atom stereocenters. The van der Waals surface area contributed by atoms with Crippen LogP contribution in [0.5, 0.6) is 0 Å². The van der Waals surface area contributed by atoms with Gasteiger partial charge in [-0.15, -0.1) is 0 Å². The SMILES string of the molecule is C[C@@H](CCCCCc1ccccc1)[C@H](O)CCC1CCC(=O)N1CCSCCCC(=O)O. The zero-order chi connectivity index (χ0) is 23.2. The number of aliphatic hydroxyl groups is 1. The summed E-state index contributed by atoms with van der Waals surface area (Å²) >= 11 is 1.72. The summed E-state index contributed by atoms with van der Waals surface area (Å²) in [4.78, 5) is 24.8. The highest BCUT2D eigenvalue weighted by Crippen LogP contribution is 2.26. The Morgan fingerprint density at radius 2 is 1.91 bits per heavy atom. The number of hydrogen-bond donors (Lipinski definition) is 2. The second-order valence-corrected chi connectivity index (χ2v) is 10.3. The fourth-order valence-electron chi connectivity index (χ4n) is 4.45. The van der Waals surface area contributed by atoms with E-state index in [0.717, 1.165) is 56.6 Å². The number of carbonyl (C=O) groups excluding carboxylic acids is 1. The van der Waals surface area contributed by atoms with Crippen LogP contribution in [0.1, 0.15) is 76.7 Å². The molecule has 0 radical (unpaired) electrons. The fraction of sp³-hybridized carbons (Fsp3) is 0.692. The molecule has 1 amide bonds. The van der Waals surface area contributed by atoms with Crippen LogP contribution in [-0.4, -0.2) is 57.2 Å². The first-order valence-corrected chi connectivity index (χ1v) is 13.4. The van der Waals surface area contributed by atoms with Crippen molar-refractivity contribution in [1.29, 1.82) is 0 Å². The number of rotatable bonds is 17. The Labute approximate surface area is 198 Å². The molecule has 1 aromatic carbocycles. The minimum atomic E-state index is -0.750. The molecule has 1 saturated heterocycles.